The summed E-state index contributed by atoms with van der Waals surface area (Å²) in [5, 5.41) is 13.5. The second-order valence-corrected chi connectivity index (χ2v) is 5.07. The average molecular weight is 332 g/mol. The summed E-state index contributed by atoms with van der Waals surface area (Å²) in [6.07, 6.45) is 0. The Morgan fingerprint density at radius 3 is 2.54 bits per heavy atom. The van der Waals surface area contributed by atoms with E-state index in [0.717, 1.165) is 6.07 Å². The number of carbonyl (C=O) groups is 2. The predicted molar refractivity (Wildman–Crippen MR) is 86.2 cm³/mol. The molecule has 126 valence electrons. The van der Waals surface area contributed by atoms with Gasteiger partial charge in [0.2, 0.25) is 0 Å². The predicted octanol–water partition coefficient (Wildman–Crippen LogP) is 2.05. The summed E-state index contributed by atoms with van der Waals surface area (Å²) in [4.78, 5) is 23.6. The fourth-order valence-electron chi connectivity index (χ4n) is 1.82. The molecule has 0 fully saturated rings. The van der Waals surface area contributed by atoms with E-state index in [2.05, 4.69) is 10.6 Å². The highest BCUT2D eigenvalue weighted by atomic mass is 19.1. The summed E-state index contributed by atoms with van der Waals surface area (Å²) in [7, 11) is 0. The Bertz CT molecular complexity index is 722. The molecule has 0 aliphatic heterocycles. The van der Waals surface area contributed by atoms with Gasteiger partial charge in [0, 0.05) is 12.1 Å². The molecule has 0 bridgehead atoms. The van der Waals surface area contributed by atoms with Crippen LogP contribution in [0.2, 0.25) is 0 Å². The van der Waals surface area contributed by atoms with Crippen LogP contribution in [0.5, 0.6) is 11.5 Å². The van der Waals surface area contributed by atoms with Gasteiger partial charge in [-0.25, -0.2) is 4.39 Å². The molecule has 2 aromatic carbocycles. The first-order valence-corrected chi connectivity index (χ1v) is 7.24. The van der Waals surface area contributed by atoms with Crippen LogP contribution in [0, 0.1) is 5.82 Å². The molecule has 2 amide bonds. The average Bonchev–Trinajstić information content (AvgIpc) is 2.58. The summed E-state index contributed by atoms with van der Waals surface area (Å²) in [5.74, 6) is -1.82. The minimum atomic E-state index is -0.987. The molecule has 24 heavy (non-hydrogen) atoms. The molecular weight excluding hydrogens is 315 g/mol. The molecule has 2 aromatic rings. The van der Waals surface area contributed by atoms with Gasteiger partial charge in [0.05, 0.1) is 12.3 Å². The summed E-state index contributed by atoms with van der Waals surface area (Å²) < 4.78 is 19.1. The van der Waals surface area contributed by atoms with E-state index in [1.807, 2.05) is 6.07 Å². The summed E-state index contributed by atoms with van der Waals surface area (Å²) >= 11 is 0. The first-order chi connectivity index (χ1) is 11.5. The maximum absolute atomic E-state index is 13.5. The van der Waals surface area contributed by atoms with Gasteiger partial charge in [-0.05, 0) is 31.2 Å². The molecule has 0 heterocycles. The molecule has 1 unspecified atom stereocenters. The van der Waals surface area contributed by atoms with E-state index in [9.17, 15) is 14.0 Å². The maximum atomic E-state index is 13.5. The molecule has 6 nitrogen and oxygen atoms in total. The van der Waals surface area contributed by atoms with Crippen molar-refractivity contribution >= 4 is 17.5 Å². The fourth-order valence-corrected chi connectivity index (χ4v) is 1.82. The molecule has 0 saturated heterocycles. The van der Waals surface area contributed by atoms with Crippen LogP contribution in [0.1, 0.15) is 6.92 Å². The first-order valence-electron chi connectivity index (χ1n) is 7.24. The molecule has 0 aliphatic rings. The number of hydrogen-bond donors (Lipinski definition) is 3. The van der Waals surface area contributed by atoms with Gasteiger partial charge in [-0.15, -0.1) is 0 Å². The quantitative estimate of drug-likeness (QED) is 0.731. The molecule has 0 saturated carbocycles. The zero-order valence-corrected chi connectivity index (χ0v) is 13.0. The highest BCUT2D eigenvalue weighted by Crippen LogP contribution is 2.30. The summed E-state index contributed by atoms with van der Waals surface area (Å²) in [6.45, 7) is 1.23. The highest BCUT2D eigenvalue weighted by molar-refractivity contribution is 6.39. The smallest absolute Gasteiger partial charge is 0.313 e. The second-order valence-electron chi connectivity index (χ2n) is 5.07. The SMILES string of the molecule is CC(CO)NC(=O)C(=O)Nc1cc(F)ccc1Oc1ccccc1. The van der Waals surface area contributed by atoms with Crippen molar-refractivity contribution in [1.29, 1.82) is 0 Å². The van der Waals surface area contributed by atoms with E-state index in [1.165, 1.54) is 19.1 Å². The number of rotatable bonds is 5. The van der Waals surface area contributed by atoms with Crippen LogP contribution in [0.25, 0.3) is 0 Å². The monoisotopic (exact) mass is 332 g/mol. The third-order valence-corrected chi connectivity index (χ3v) is 3.02. The van der Waals surface area contributed by atoms with E-state index in [-0.39, 0.29) is 18.0 Å². The normalized spacial score (nSPS) is 11.5. The molecule has 0 aromatic heterocycles. The lowest BCUT2D eigenvalue weighted by molar-refractivity contribution is -0.136. The molecule has 1 atom stereocenters. The zero-order chi connectivity index (χ0) is 17.5. The van der Waals surface area contributed by atoms with Crippen LogP contribution < -0.4 is 15.4 Å². The van der Waals surface area contributed by atoms with Gasteiger partial charge in [0.15, 0.2) is 5.75 Å². The Balaban J connectivity index is 2.15. The van der Waals surface area contributed by atoms with Crippen LogP contribution in [0.15, 0.2) is 48.5 Å². The van der Waals surface area contributed by atoms with Crippen LogP contribution >= 0.6 is 0 Å². The number of ether oxygens (including phenoxy) is 1. The number of aliphatic hydroxyl groups is 1. The van der Waals surface area contributed by atoms with Gasteiger partial charge in [0.25, 0.3) is 0 Å². The number of hydrogen-bond acceptors (Lipinski definition) is 4. The number of benzene rings is 2. The molecule has 2 rings (SSSR count). The minimum Gasteiger partial charge on any atom is -0.455 e. The Labute approximate surface area is 138 Å². The number of halogens is 1. The number of amides is 2. The first kappa shape index (κ1) is 17.4. The second kappa shape index (κ2) is 8.07. The topological polar surface area (TPSA) is 87.7 Å². The number of anilines is 1. The number of aliphatic hydroxyl groups excluding tert-OH is 1. The third kappa shape index (κ3) is 4.79. The van der Waals surface area contributed by atoms with Gasteiger partial charge in [-0.1, -0.05) is 18.2 Å². The molecular formula is C17H17FN2O4. The van der Waals surface area contributed by atoms with Gasteiger partial charge < -0.3 is 20.5 Å². The fraction of sp³-hybridized carbons (Fsp3) is 0.176. The summed E-state index contributed by atoms with van der Waals surface area (Å²) in [5.41, 5.74) is 0.0238. The van der Waals surface area contributed by atoms with Gasteiger partial charge >= 0.3 is 11.8 Å². The Morgan fingerprint density at radius 1 is 1.17 bits per heavy atom. The molecule has 0 spiro atoms. The van der Waals surface area contributed by atoms with Crippen molar-refractivity contribution in [3.8, 4) is 11.5 Å². The lowest BCUT2D eigenvalue weighted by Gasteiger charge is -2.14. The molecule has 7 heteroatoms. The van der Waals surface area contributed by atoms with E-state index in [1.54, 1.807) is 24.3 Å². The van der Waals surface area contributed by atoms with Crippen LogP contribution in [0.4, 0.5) is 10.1 Å². The standard InChI is InChI=1S/C17H17FN2O4/c1-11(10-21)19-16(22)17(23)20-14-9-12(18)7-8-15(14)24-13-5-3-2-4-6-13/h2-9,11,21H,10H2,1H3,(H,19,22)(H,20,23). The van der Waals surface area contributed by atoms with E-state index < -0.39 is 23.7 Å². The van der Waals surface area contributed by atoms with Crippen molar-refractivity contribution in [3.63, 3.8) is 0 Å². The van der Waals surface area contributed by atoms with Crippen molar-refractivity contribution in [1.82, 2.24) is 5.32 Å². The molecule has 0 aliphatic carbocycles. The van der Waals surface area contributed by atoms with Crippen molar-refractivity contribution < 1.29 is 23.8 Å². The third-order valence-electron chi connectivity index (χ3n) is 3.02. The zero-order valence-electron chi connectivity index (χ0n) is 13.0. The highest BCUT2D eigenvalue weighted by Gasteiger charge is 2.18. The van der Waals surface area contributed by atoms with E-state index in [0.29, 0.717) is 5.75 Å². The Kier molecular flexibility index (Phi) is 5.86. The number of nitrogens with one attached hydrogen (secondary N) is 2. The Hall–Kier alpha value is -2.93. The lowest BCUT2D eigenvalue weighted by Crippen LogP contribution is -2.42. The van der Waals surface area contributed by atoms with E-state index in [4.69, 9.17) is 9.84 Å². The number of carbonyl (C=O) groups excluding carboxylic acids is 2. The van der Waals surface area contributed by atoms with Crippen LogP contribution in [-0.2, 0) is 9.59 Å². The number of para-hydroxylation sites is 1. The van der Waals surface area contributed by atoms with Crippen LogP contribution in [-0.4, -0.2) is 29.6 Å². The maximum Gasteiger partial charge on any atom is 0.313 e. The lowest BCUT2D eigenvalue weighted by atomic mass is 10.2. The molecule has 3 N–H and O–H groups in total. The Morgan fingerprint density at radius 2 is 1.88 bits per heavy atom. The van der Waals surface area contributed by atoms with Crippen molar-refractivity contribution in [3.05, 3.63) is 54.3 Å². The molecule has 0 radical (unpaired) electrons. The van der Waals surface area contributed by atoms with Crippen molar-refractivity contribution in [2.45, 2.75) is 13.0 Å². The summed E-state index contributed by atoms with van der Waals surface area (Å²) in [6, 6.07) is 11.8. The van der Waals surface area contributed by atoms with Gasteiger partial charge in [0.1, 0.15) is 11.6 Å². The van der Waals surface area contributed by atoms with Crippen molar-refractivity contribution in [2.75, 3.05) is 11.9 Å². The largest absolute Gasteiger partial charge is 0.455 e. The van der Waals surface area contributed by atoms with Gasteiger partial charge in [-0.2, -0.15) is 0 Å². The van der Waals surface area contributed by atoms with Gasteiger partial charge in [-0.3, -0.25) is 9.59 Å². The minimum absolute atomic E-state index is 0.0238. The van der Waals surface area contributed by atoms with Crippen LogP contribution in [0.3, 0.4) is 0 Å². The van der Waals surface area contributed by atoms with E-state index >= 15 is 0 Å². The van der Waals surface area contributed by atoms with Crippen molar-refractivity contribution in [2.24, 2.45) is 0 Å².